The first-order valence-corrected chi connectivity index (χ1v) is 12.8. The number of hydrogen-bond donors (Lipinski definition) is 1. The summed E-state index contributed by atoms with van der Waals surface area (Å²) in [5.74, 6) is -1.49. The van der Waals surface area contributed by atoms with Crippen LogP contribution >= 0.6 is 15.9 Å². The van der Waals surface area contributed by atoms with Crippen molar-refractivity contribution in [3.05, 3.63) is 23.8 Å². The zero-order valence-corrected chi connectivity index (χ0v) is 21.7. The Hall–Kier alpha value is -1.80. The van der Waals surface area contributed by atoms with Crippen LogP contribution in [0.15, 0.2) is 23.8 Å². The van der Waals surface area contributed by atoms with E-state index in [1.165, 1.54) is 0 Å². The highest BCUT2D eigenvalue weighted by Gasteiger charge is 2.75. The molecule has 4 rings (SSSR count). The second kappa shape index (κ2) is 8.40. The Bertz CT molecular complexity index is 988. The molecule has 34 heavy (non-hydrogen) atoms. The quantitative estimate of drug-likeness (QED) is 0.314. The van der Waals surface area contributed by atoms with Crippen molar-refractivity contribution in [1.29, 1.82) is 0 Å². The third-order valence-electron chi connectivity index (χ3n) is 9.50. The van der Waals surface area contributed by atoms with E-state index in [9.17, 15) is 24.3 Å². The molecule has 0 bridgehead atoms. The van der Waals surface area contributed by atoms with Crippen LogP contribution in [0.5, 0.6) is 0 Å². The monoisotopic (exact) mass is 536 g/mol. The predicted octanol–water partition coefficient (Wildman–Crippen LogP) is 3.46. The maximum atomic E-state index is 13.4. The number of rotatable bonds is 6. The number of halogens is 1. The van der Waals surface area contributed by atoms with Gasteiger partial charge in [-0.2, -0.15) is 0 Å². The molecule has 0 heterocycles. The summed E-state index contributed by atoms with van der Waals surface area (Å²) < 4.78 is 10.1. The van der Waals surface area contributed by atoms with Crippen LogP contribution in [0.4, 0.5) is 0 Å². The lowest BCUT2D eigenvalue weighted by Crippen LogP contribution is -2.69. The third-order valence-corrected chi connectivity index (χ3v) is 11.4. The zero-order chi connectivity index (χ0) is 25.1. The molecule has 0 radical (unpaired) electrons. The molecule has 0 aliphatic heterocycles. The van der Waals surface area contributed by atoms with Gasteiger partial charge in [-0.05, 0) is 55.6 Å². The van der Waals surface area contributed by atoms with Crippen molar-refractivity contribution in [2.45, 2.75) is 75.8 Å². The highest BCUT2D eigenvalue weighted by molar-refractivity contribution is 9.10. The predicted molar refractivity (Wildman–Crippen MR) is 127 cm³/mol. The lowest BCUT2D eigenvalue weighted by Gasteiger charge is -2.64. The van der Waals surface area contributed by atoms with E-state index in [2.05, 4.69) is 22.9 Å². The van der Waals surface area contributed by atoms with Gasteiger partial charge in [-0.25, -0.2) is 0 Å². The number of fused-ring (bicyclic) bond motifs is 5. The van der Waals surface area contributed by atoms with Crippen LogP contribution in [0, 0.1) is 28.6 Å². The van der Waals surface area contributed by atoms with E-state index >= 15 is 0 Å². The molecule has 186 valence electrons. The standard InChI is InChI=1S/C26H33BrO7/c1-5-22(31)33-13-20(30)26(32)15(2)10-19-18-7-6-16-11-17(29)8-9-23(16,3)25(18,27)21(34-14-28)12-24(19,26)4/h8-9,11,14-15,18-19,21,32H,5-7,10,12-13H2,1-4H3/t15-,18+,19+,21+,23+,24+,25+,26+/m1/s1. The summed E-state index contributed by atoms with van der Waals surface area (Å²) in [6.45, 7) is 7.43. The number of esters is 1. The first-order valence-electron chi connectivity index (χ1n) is 12.0. The molecule has 0 spiro atoms. The molecule has 0 aromatic carbocycles. The molecule has 8 heteroatoms. The highest BCUT2D eigenvalue weighted by Crippen LogP contribution is 2.72. The van der Waals surface area contributed by atoms with Gasteiger partial charge in [0.1, 0.15) is 11.7 Å². The Labute approximate surface area is 208 Å². The smallest absolute Gasteiger partial charge is 0.305 e. The molecule has 7 nitrogen and oxygen atoms in total. The first-order chi connectivity index (χ1) is 15.9. The van der Waals surface area contributed by atoms with Gasteiger partial charge in [-0.3, -0.25) is 19.2 Å². The van der Waals surface area contributed by atoms with Gasteiger partial charge >= 0.3 is 5.97 Å². The third kappa shape index (κ3) is 3.16. The van der Waals surface area contributed by atoms with Crippen molar-refractivity contribution in [3.63, 3.8) is 0 Å². The van der Waals surface area contributed by atoms with E-state index in [-0.39, 0.29) is 36.4 Å². The molecule has 4 aliphatic carbocycles. The highest BCUT2D eigenvalue weighted by atomic mass is 79.9. The average Bonchev–Trinajstić information content (AvgIpc) is 3.00. The number of alkyl halides is 1. The number of ether oxygens (including phenoxy) is 2. The van der Waals surface area contributed by atoms with Gasteiger partial charge in [-0.15, -0.1) is 0 Å². The average molecular weight is 537 g/mol. The maximum Gasteiger partial charge on any atom is 0.305 e. The van der Waals surface area contributed by atoms with Crippen molar-refractivity contribution in [3.8, 4) is 0 Å². The molecule has 0 aromatic heterocycles. The number of ketones is 2. The number of hydrogen-bond acceptors (Lipinski definition) is 7. The Morgan fingerprint density at radius 3 is 2.65 bits per heavy atom. The second-order valence-corrected chi connectivity index (χ2v) is 12.1. The van der Waals surface area contributed by atoms with Gasteiger partial charge in [0, 0.05) is 17.3 Å². The zero-order valence-electron chi connectivity index (χ0n) is 20.1. The molecule has 3 fully saturated rings. The van der Waals surface area contributed by atoms with E-state index in [4.69, 9.17) is 9.47 Å². The van der Waals surface area contributed by atoms with Crippen molar-refractivity contribution in [2.75, 3.05) is 6.61 Å². The van der Waals surface area contributed by atoms with Gasteiger partial charge in [0.15, 0.2) is 12.4 Å². The van der Waals surface area contributed by atoms with Crippen LogP contribution in [0.25, 0.3) is 0 Å². The van der Waals surface area contributed by atoms with Crippen molar-refractivity contribution in [2.24, 2.45) is 28.6 Å². The number of aliphatic hydroxyl groups is 1. The second-order valence-electron chi connectivity index (χ2n) is 10.8. The summed E-state index contributed by atoms with van der Waals surface area (Å²) in [6.07, 6.45) is 6.98. The first kappa shape index (κ1) is 25.3. The number of allylic oxidation sites excluding steroid dienone is 4. The maximum absolute atomic E-state index is 13.4. The lowest BCUT2D eigenvalue weighted by molar-refractivity contribution is -0.186. The van der Waals surface area contributed by atoms with Gasteiger partial charge in [-0.1, -0.05) is 55.3 Å². The van der Waals surface area contributed by atoms with Gasteiger partial charge in [0.05, 0.1) is 4.32 Å². The largest absolute Gasteiger partial charge is 0.463 e. The summed E-state index contributed by atoms with van der Waals surface area (Å²) in [5.41, 5.74) is -2.17. The molecule has 0 unspecified atom stereocenters. The van der Waals surface area contributed by atoms with E-state index in [1.807, 2.05) is 19.9 Å². The number of carbonyl (C=O) groups is 4. The Morgan fingerprint density at radius 1 is 1.29 bits per heavy atom. The Kier molecular flexibility index (Phi) is 6.25. The van der Waals surface area contributed by atoms with E-state index in [0.29, 0.717) is 19.3 Å². The minimum absolute atomic E-state index is 0.0290. The molecule has 1 N–H and O–H groups in total. The van der Waals surface area contributed by atoms with Crippen molar-refractivity contribution in [1.82, 2.24) is 0 Å². The van der Waals surface area contributed by atoms with Gasteiger partial charge in [0.2, 0.25) is 5.78 Å². The van der Waals surface area contributed by atoms with Crippen LogP contribution in [0.2, 0.25) is 0 Å². The molecule has 8 atom stereocenters. The molecule has 3 saturated carbocycles. The fourth-order valence-electron chi connectivity index (χ4n) is 7.68. The summed E-state index contributed by atoms with van der Waals surface area (Å²) >= 11 is 4.05. The van der Waals surface area contributed by atoms with Gasteiger partial charge < -0.3 is 14.6 Å². The van der Waals surface area contributed by atoms with Gasteiger partial charge in [0.25, 0.3) is 6.47 Å². The van der Waals surface area contributed by atoms with E-state index < -0.39 is 45.2 Å². The summed E-state index contributed by atoms with van der Waals surface area (Å²) in [6, 6.07) is 0. The summed E-state index contributed by atoms with van der Waals surface area (Å²) in [7, 11) is 0. The fraction of sp³-hybridized carbons (Fsp3) is 0.692. The Morgan fingerprint density at radius 2 is 2.00 bits per heavy atom. The normalized spacial score (nSPS) is 44.9. The Balaban J connectivity index is 1.78. The summed E-state index contributed by atoms with van der Waals surface area (Å²) in [4.78, 5) is 48.8. The lowest BCUT2D eigenvalue weighted by atomic mass is 9.46. The van der Waals surface area contributed by atoms with Crippen molar-refractivity contribution < 1.29 is 33.8 Å². The minimum atomic E-state index is -1.72. The van der Waals surface area contributed by atoms with Crippen LogP contribution in [-0.4, -0.2) is 51.8 Å². The van der Waals surface area contributed by atoms with E-state index in [1.54, 1.807) is 19.1 Å². The van der Waals surface area contributed by atoms with Crippen LogP contribution in [0.3, 0.4) is 0 Å². The molecular weight excluding hydrogens is 504 g/mol. The topological polar surface area (TPSA) is 107 Å². The minimum Gasteiger partial charge on any atom is -0.463 e. The molecular formula is C26H33BrO7. The fourth-order valence-corrected chi connectivity index (χ4v) is 8.88. The SMILES string of the molecule is CCC(=O)OCC(=O)[C@@]1(O)[C@H](C)C[C@H]2[C@@H]3CCC4=CC(=O)C=C[C@]4(C)[C@@]3(Br)[C@@H](OC=O)C[C@@]21C. The number of Topliss-reactive ketones (excluding diaryl/α,β-unsaturated/α-hetero) is 1. The molecule has 0 saturated heterocycles. The van der Waals surface area contributed by atoms with Crippen LogP contribution < -0.4 is 0 Å². The molecule has 0 aromatic rings. The number of carbonyl (C=O) groups excluding carboxylic acids is 4. The molecule has 4 aliphatic rings. The van der Waals surface area contributed by atoms with Crippen LogP contribution in [-0.2, 0) is 28.7 Å². The van der Waals surface area contributed by atoms with Crippen LogP contribution in [0.1, 0.15) is 59.8 Å². The van der Waals surface area contributed by atoms with E-state index in [0.717, 1.165) is 12.0 Å². The molecule has 0 amide bonds. The van der Waals surface area contributed by atoms with Crippen molar-refractivity contribution >= 4 is 39.9 Å². The summed E-state index contributed by atoms with van der Waals surface area (Å²) in [5, 5.41) is 12.0.